The lowest BCUT2D eigenvalue weighted by atomic mass is 10.0. The molecule has 0 unspecified atom stereocenters. The van der Waals surface area contributed by atoms with Crippen LogP contribution in [-0.2, 0) is 0 Å². The van der Waals surface area contributed by atoms with Crippen LogP contribution in [0.2, 0.25) is 0 Å². The molecule has 48 heavy (non-hydrogen) atoms. The molecule has 0 radical (unpaired) electrons. The smallest absolute Gasteiger partial charge is 0.268 e. The van der Waals surface area contributed by atoms with Crippen molar-refractivity contribution in [1.82, 2.24) is 40.3 Å². The van der Waals surface area contributed by atoms with Crippen LogP contribution in [0.15, 0.2) is 143 Å². The maximum absolute atomic E-state index is 6.09. The molecule has 0 aliphatic rings. The lowest BCUT2D eigenvalue weighted by Gasteiger charge is -2.06. The van der Waals surface area contributed by atoms with Gasteiger partial charge in [0, 0.05) is 22.3 Å². The Hall–Kier alpha value is -6.94. The average Bonchev–Trinajstić information content (AvgIpc) is 3.86. The Morgan fingerprint density at radius 2 is 0.792 bits per heavy atom. The van der Waals surface area contributed by atoms with Gasteiger partial charge < -0.3 is 8.83 Å². The molecule has 0 aliphatic carbocycles. The summed E-state index contributed by atoms with van der Waals surface area (Å²) in [6.07, 6.45) is 3.28. The minimum atomic E-state index is 0.262. The Balaban J connectivity index is 1.02. The third-order valence-electron chi connectivity index (χ3n) is 7.96. The first-order valence-corrected chi connectivity index (χ1v) is 15.2. The molecule has 226 valence electrons. The highest BCUT2D eigenvalue weighted by Crippen LogP contribution is 2.32. The van der Waals surface area contributed by atoms with Crippen molar-refractivity contribution < 1.29 is 8.83 Å². The van der Waals surface area contributed by atoms with Gasteiger partial charge in [-0.2, -0.15) is 0 Å². The Morgan fingerprint density at radius 3 is 1.27 bits per heavy atom. The summed E-state index contributed by atoms with van der Waals surface area (Å²) in [5.74, 6) is 1.16. The first-order valence-electron chi connectivity index (χ1n) is 15.2. The molecule has 0 N–H and O–H groups in total. The van der Waals surface area contributed by atoms with Gasteiger partial charge in [0.2, 0.25) is 11.8 Å². The van der Waals surface area contributed by atoms with Crippen LogP contribution >= 0.6 is 0 Å². The number of fused-ring (bicyclic) bond motifs is 2. The van der Waals surface area contributed by atoms with E-state index in [1.165, 1.54) is 0 Å². The zero-order valence-corrected chi connectivity index (χ0v) is 25.1. The molecule has 4 heterocycles. The van der Waals surface area contributed by atoms with Crippen molar-refractivity contribution in [2.45, 2.75) is 0 Å². The zero-order chi connectivity index (χ0) is 31.9. The maximum Gasteiger partial charge on any atom is 0.268 e. The second-order valence-electron chi connectivity index (χ2n) is 11.0. The molecule has 0 bridgehead atoms. The van der Waals surface area contributed by atoms with E-state index in [9.17, 15) is 0 Å². The molecule has 0 aliphatic heterocycles. The van der Waals surface area contributed by atoms with E-state index in [-0.39, 0.29) is 11.8 Å². The molecule has 10 heteroatoms. The number of rotatable bonds is 6. The molecule has 5 aromatic carbocycles. The summed E-state index contributed by atoms with van der Waals surface area (Å²) in [6.45, 7) is 0. The van der Waals surface area contributed by atoms with Gasteiger partial charge in [-0.05, 0) is 41.5 Å². The van der Waals surface area contributed by atoms with Crippen LogP contribution in [0.5, 0.6) is 0 Å². The highest BCUT2D eigenvalue weighted by Gasteiger charge is 2.18. The lowest BCUT2D eigenvalue weighted by Crippen LogP contribution is -1.91. The predicted octanol–water partition coefficient (Wildman–Crippen LogP) is 8.34. The number of hydrogen-bond donors (Lipinski definition) is 0. The second-order valence-corrected chi connectivity index (χ2v) is 11.0. The van der Waals surface area contributed by atoms with Crippen LogP contribution in [0.1, 0.15) is 0 Å². The summed E-state index contributed by atoms with van der Waals surface area (Å²) in [4.78, 5) is 19.0. The van der Waals surface area contributed by atoms with E-state index in [1.54, 1.807) is 12.4 Å². The van der Waals surface area contributed by atoms with Gasteiger partial charge in [-0.25, -0.2) is 9.97 Å². The quantitative estimate of drug-likeness (QED) is 0.178. The van der Waals surface area contributed by atoms with Gasteiger partial charge in [0.15, 0.2) is 0 Å². The van der Waals surface area contributed by atoms with Crippen LogP contribution < -0.4 is 0 Å². The van der Waals surface area contributed by atoms with E-state index in [2.05, 4.69) is 30.4 Å². The van der Waals surface area contributed by atoms with Crippen molar-refractivity contribution in [3.8, 4) is 68.3 Å². The van der Waals surface area contributed by atoms with Crippen molar-refractivity contribution in [3.05, 3.63) is 134 Å². The molecular formula is C38H22N8O2. The molecule has 4 aromatic heterocycles. The Bertz CT molecular complexity index is 2410. The van der Waals surface area contributed by atoms with Gasteiger partial charge in [0.25, 0.3) is 11.8 Å². The SMILES string of the molecule is c1ccc(-c2cccc3ncc(-c4nnc(-c5cccc(-c6nnc(-c7cnc8cccc(-c9ccccc9)c8n7)o6)c5)o4)nc23)cc1. The number of aromatic nitrogens is 8. The summed E-state index contributed by atoms with van der Waals surface area (Å²) < 4.78 is 12.2. The van der Waals surface area contributed by atoms with E-state index in [0.29, 0.717) is 34.3 Å². The van der Waals surface area contributed by atoms with E-state index in [1.807, 2.05) is 121 Å². The molecule has 0 saturated heterocycles. The van der Waals surface area contributed by atoms with Crippen molar-refractivity contribution in [2.75, 3.05) is 0 Å². The van der Waals surface area contributed by atoms with Gasteiger partial charge in [0.1, 0.15) is 11.4 Å². The van der Waals surface area contributed by atoms with Crippen LogP contribution in [-0.4, -0.2) is 40.3 Å². The van der Waals surface area contributed by atoms with Crippen molar-refractivity contribution >= 4 is 22.1 Å². The largest absolute Gasteiger partial charge is 0.415 e. The summed E-state index contributed by atoms with van der Waals surface area (Å²) in [6, 6.07) is 39.5. The van der Waals surface area contributed by atoms with Gasteiger partial charge in [-0.1, -0.05) is 91.0 Å². The fourth-order valence-corrected chi connectivity index (χ4v) is 5.65. The number of nitrogens with zero attached hydrogens (tertiary/aromatic N) is 8. The van der Waals surface area contributed by atoms with E-state index in [0.717, 1.165) is 44.3 Å². The maximum atomic E-state index is 6.09. The second kappa shape index (κ2) is 11.5. The summed E-state index contributed by atoms with van der Waals surface area (Å²) in [5.41, 5.74) is 9.42. The average molecular weight is 623 g/mol. The van der Waals surface area contributed by atoms with E-state index >= 15 is 0 Å². The summed E-state index contributed by atoms with van der Waals surface area (Å²) >= 11 is 0. The van der Waals surface area contributed by atoms with Crippen LogP contribution in [0, 0.1) is 0 Å². The molecule has 0 fully saturated rings. The molecule has 0 amide bonds. The monoisotopic (exact) mass is 622 g/mol. The molecular weight excluding hydrogens is 600 g/mol. The molecule has 0 saturated carbocycles. The number of para-hydroxylation sites is 2. The first kappa shape index (κ1) is 27.4. The standard InChI is InChI=1S/C38H22N8O2/c1-3-10-23(11-4-1)27-16-8-18-29-33(27)41-31(21-39-29)37-45-43-35(47-37)25-14-7-15-26(20-25)36-44-46-38(48-36)32-22-40-30-19-9-17-28(34(30)42-32)24-12-5-2-6-13-24/h1-22H. The summed E-state index contributed by atoms with van der Waals surface area (Å²) in [5, 5.41) is 17.2. The fourth-order valence-electron chi connectivity index (χ4n) is 5.65. The fraction of sp³-hybridized carbons (Fsp3) is 0. The topological polar surface area (TPSA) is 129 Å². The van der Waals surface area contributed by atoms with Gasteiger partial charge in [0.05, 0.1) is 34.5 Å². The molecule has 10 nitrogen and oxygen atoms in total. The van der Waals surface area contributed by atoms with Crippen molar-refractivity contribution in [1.29, 1.82) is 0 Å². The van der Waals surface area contributed by atoms with Crippen LogP contribution in [0.4, 0.5) is 0 Å². The normalized spacial score (nSPS) is 11.3. The van der Waals surface area contributed by atoms with Gasteiger partial charge >= 0.3 is 0 Å². The predicted molar refractivity (Wildman–Crippen MR) is 181 cm³/mol. The molecule has 9 aromatic rings. The minimum Gasteiger partial charge on any atom is -0.415 e. The van der Waals surface area contributed by atoms with Gasteiger partial charge in [-0.3, -0.25) is 9.97 Å². The Morgan fingerprint density at radius 1 is 0.375 bits per heavy atom. The number of hydrogen-bond acceptors (Lipinski definition) is 10. The Labute approximate surface area is 272 Å². The van der Waals surface area contributed by atoms with E-state index in [4.69, 9.17) is 18.8 Å². The molecule has 0 spiro atoms. The van der Waals surface area contributed by atoms with Crippen LogP contribution in [0.3, 0.4) is 0 Å². The zero-order valence-electron chi connectivity index (χ0n) is 25.1. The third-order valence-corrected chi connectivity index (χ3v) is 7.96. The third kappa shape index (κ3) is 4.94. The highest BCUT2D eigenvalue weighted by molar-refractivity contribution is 5.93. The number of benzene rings is 5. The molecule has 0 atom stereocenters. The minimum absolute atomic E-state index is 0.262. The van der Waals surface area contributed by atoms with Gasteiger partial charge in [-0.15, -0.1) is 20.4 Å². The Kier molecular flexibility index (Phi) is 6.53. The highest BCUT2D eigenvalue weighted by atomic mass is 16.4. The first-order chi connectivity index (χ1) is 23.8. The van der Waals surface area contributed by atoms with E-state index < -0.39 is 0 Å². The van der Waals surface area contributed by atoms with Crippen molar-refractivity contribution in [2.24, 2.45) is 0 Å². The van der Waals surface area contributed by atoms with Crippen molar-refractivity contribution in [3.63, 3.8) is 0 Å². The van der Waals surface area contributed by atoms with Crippen LogP contribution in [0.25, 0.3) is 90.4 Å². The molecule has 9 rings (SSSR count). The summed E-state index contributed by atoms with van der Waals surface area (Å²) in [7, 11) is 0. The lowest BCUT2D eigenvalue weighted by molar-refractivity contribution is 0.580.